The van der Waals surface area contributed by atoms with Gasteiger partial charge in [0.05, 0.1) is 5.56 Å². The molecule has 0 bridgehead atoms. The maximum Gasteiger partial charge on any atom is 0.258 e. The van der Waals surface area contributed by atoms with Crippen LogP contribution in [0.25, 0.3) is 0 Å². The highest BCUT2D eigenvalue weighted by Gasteiger charge is 2.14. The van der Waals surface area contributed by atoms with Crippen LogP contribution in [0.2, 0.25) is 0 Å². The number of thioether (sulfide) groups is 1. The van der Waals surface area contributed by atoms with E-state index in [0.717, 1.165) is 0 Å². The predicted molar refractivity (Wildman–Crippen MR) is 93.9 cm³/mol. The number of amides is 2. The van der Waals surface area contributed by atoms with Crippen LogP contribution in [0.1, 0.15) is 31.1 Å². The van der Waals surface area contributed by atoms with Crippen LogP contribution < -0.4 is 10.6 Å². The summed E-state index contributed by atoms with van der Waals surface area (Å²) in [4.78, 5) is 27.9. The summed E-state index contributed by atoms with van der Waals surface area (Å²) in [6.45, 7) is 5.55. The lowest BCUT2D eigenvalue weighted by Crippen LogP contribution is -2.14. The van der Waals surface area contributed by atoms with E-state index in [0.29, 0.717) is 27.2 Å². The third kappa shape index (κ3) is 5.10. The fraction of sp³-hybridized carbons (Fsp3) is 0.235. The molecule has 0 spiro atoms. The summed E-state index contributed by atoms with van der Waals surface area (Å²) in [5, 5.41) is 6.57. The molecular formula is C17H19N3O2S. The summed E-state index contributed by atoms with van der Waals surface area (Å²) in [5.74, 6) is -0.377. The molecule has 0 saturated heterocycles. The number of nitrogens with one attached hydrogen (secondary N) is 2. The second kappa shape index (κ2) is 7.78. The van der Waals surface area contributed by atoms with Crippen molar-refractivity contribution < 1.29 is 9.59 Å². The Bertz CT molecular complexity index is 716. The molecule has 6 heteroatoms. The number of anilines is 2. The highest BCUT2D eigenvalue weighted by atomic mass is 32.2. The van der Waals surface area contributed by atoms with Crippen LogP contribution >= 0.6 is 11.8 Å². The van der Waals surface area contributed by atoms with Crippen LogP contribution in [0, 0.1) is 0 Å². The van der Waals surface area contributed by atoms with E-state index in [1.807, 2.05) is 0 Å². The summed E-state index contributed by atoms with van der Waals surface area (Å²) in [6, 6.07) is 10.5. The molecule has 120 valence electrons. The van der Waals surface area contributed by atoms with Crippen LogP contribution in [-0.2, 0) is 4.79 Å². The maximum absolute atomic E-state index is 12.5. The van der Waals surface area contributed by atoms with Gasteiger partial charge < -0.3 is 10.6 Å². The van der Waals surface area contributed by atoms with E-state index < -0.39 is 0 Å². The maximum atomic E-state index is 12.5. The standard InChI is InChI=1S/C17H19N3O2S/c1-11(2)23-17-15(8-5-9-18-17)16(22)20-14-7-4-6-13(10-14)19-12(3)21/h4-11H,1-3H3,(H,19,21)(H,20,22). The first kappa shape index (κ1) is 17.0. The molecule has 2 amide bonds. The highest BCUT2D eigenvalue weighted by Crippen LogP contribution is 2.25. The molecule has 1 heterocycles. The molecule has 5 nitrogen and oxygen atoms in total. The zero-order valence-electron chi connectivity index (χ0n) is 13.3. The largest absolute Gasteiger partial charge is 0.326 e. The van der Waals surface area contributed by atoms with Gasteiger partial charge >= 0.3 is 0 Å². The van der Waals surface area contributed by atoms with Crippen LogP contribution in [0.15, 0.2) is 47.6 Å². The van der Waals surface area contributed by atoms with Crippen LogP contribution in [-0.4, -0.2) is 22.0 Å². The molecule has 0 unspecified atom stereocenters. The Morgan fingerprint density at radius 1 is 1.09 bits per heavy atom. The Balaban J connectivity index is 2.18. The summed E-state index contributed by atoms with van der Waals surface area (Å²) >= 11 is 1.55. The van der Waals surface area contributed by atoms with Gasteiger partial charge in [0, 0.05) is 29.7 Å². The van der Waals surface area contributed by atoms with E-state index in [1.54, 1.807) is 54.4 Å². The number of pyridine rings is 1. The number of nitrogens with zero attached hydrogens (tertiary/aromatic N) is 1. The minimum atomic E-state index is -0.221. The van der Waals surface area contributed by atoms with Crippen molar-refractivity contribution in [2.24, 2.45) is 0 Å². The van der Waals surface area contributed by atoms with Crippen molar-refractivity contribution in [2.75, 3.05) is 10.6 Å². The topological polar surface area (TPSA) is 71.1 Å². The first-order chi connectivity index (χ1) is 11.0. The second-order valence-corrected chi connectivity index (χ2v) is 6.80. The molecule has 0 atom stereocenters. The summed E-state index contributed by atoms with van der Waals surface area (Å²) in [7, 11) is 0. The lowest BCUT2D eigenvalue weighted by Gasteiger charge is -2.11. The highest BCUT2D eigenvalue weighted by molar-refractivity contribution is 7.99. The fourth-order valence-electron chi connectivity index (χ4n) is 1.96. The predicted octanol–water partition coefficient (Wildman–Crippen LogP) is 3.79. The quantitative estimate of drug-likeness (QED) is 0.819. The van der Waals surface area contributed by atoms with Gasteiger partial charge in [-0.05, 0) is 30.3 Å². The zero-order valence-corrected chi connectivity index (χ0v) is 14.1. The molecular weight excluding hydrogens is 310 g/mol. The van der Waals surface area contributed by atoms with Crippen molar-refractivity contribution in [1.29, 1.82) is 0 Å². The average Bonchev–Trinajstić information content (AvgIpc) is 2.46. The SMILES string of the molecule is CC(=O)Nc1cccc(NC(=O)c2cccnc2SC(C)C)c1. The Labute approximate surface area is 139 Å². The Morgan fingerprint density at radius 2 is 1.78 bits per heavy atom. The first-order valence-electron chi connectivity index (χ1n) is 7.26. The van der Waals surface area contributed by atoms with Gasteiger partial charge in [-0.1, -0.05) is 19.9 Å². The molecule has 0 aliphatic carbocycles. The van der Waals surface area contributed by atoms with Crippen molar-refractivity contribution in [3.05, 3.63) is 48.2 Å². The van der Waals surface area contributed by atoms with E-state index in [-0.39, 0.29) is 11.8 Å². The first-order valence-corrected chi connectivity index (χ1v) is 8.14. The average molecular weight is 329 g/mol. The van der Waals surface area contributed by atoms with Crippen LogP contribution in [0.5, 0.6) is 0 Å². The van der Waals surface area contributed by atoms with Crippen molar-refractivity contribution in [3.63, 3.8) is 0 Å². The molecule has 23 heavy (non-hydrogen) atoms. The molecule has 1 aromatic heterocycles. The van der Waals surface area contributed by atoms with E-state index in [1.165, 1.54) is 6.92 Å². The molecule has 1 aromatic carbocycles. The number of hydrogen-bond acceptors (Lipinski definition) is 4. The van der Waals surface area contributed by atoms with Gasteiger partial charge in [-0.3, -0.25) is 9.59 Å². The van der Waals surface area contributed by atoms with E-state index >= 15 is 0 Å². The fourth-order valence-corrected chi connectivity index (χ4v) is 2.81. The number of aromatic nitrogens is 1. The molecule has 0 aliphatic rings. The lowest BCUT2D eigenvalue weighted by molar-refractivity contribution is -0.114. The number of benzene rings is 1. The molecule has 0 aliphatic heterocycles. The molecule has 2 aromatic rings. The summed E-state index contributed by atoms with van der Waals surface area (Å²) in [6.07, 6.45) is 1.68. The third-order valence-corrected chi connectivity index (χ3v) is 3.82. The molecule has 2 rings (SSSR count). The van der Waals surface area contributed by atoms with Gasteiger partial charge in [-0.25, -0.2) is 4.98 Å². The molecule has 0 saturated carbocycles. The number of carbonyl (C=O) groups excluding carboxylic acids is 2. The van der Waals surface area contributed by atoms with E-state index in [4.69, 9.17) is 0 Å². The van der Waals surface area contributed by atoms with Gasteiger partial charge in [0.2, 0.25) is 5.91 Å². The minimum Gasteiger partial charge on any atom is -0.326 e. The Morgan fingerprint density at radius 3 is 2.43 bits per heavy atom. The van der Waals surface area contributed by atoms with E-state index in [2.05, 4.69) is 29.5 Å². The summed E-state index contributed by atoms with van der Waals surface area (Å²) in [5.41, 5.74) is 1.79. The Hall–Kier alpha value is -2.34. The van der Waals surface area contributed by atoms with Gasteiger partial charge in [0.15, 0.2) is 0 Å². The van der Waals surface area contributed by atoms with Crippen molar-refractivity contribution >= 4 is 35.0 Å². The molecule has 2 N–H and O–H groups in total. The monoisotopic (exact) mass is 329 g/mol. The molecule has 0 radical (unpaired) electrons. The number of rotatable bonds is 5. The van der Waals surface area contributed by atoms with Crippen molar-refractivity contribution in [3.8, 4) is 0 Å². The number of hydrogen-bond donors (Lipinski definition) is 2. The molecule has 0 fully saturated rings. The summed E-state index contributed by atoms with van der Waals surface area (Å²) < 4.78 is 0. The van der Waals surface area contributed by atoms with Gasteiger partial charge in [-0.2, -0.15) is 0 Å². The smallest absolute Gasteiger partial charge is 0.258 e. The van der Waals surface area contributed by atoms with E-state index in [9.17, 15) is 9.59 Å². The van der Waals surface area contributed by atoms with Gasteiger partial charge in [-0.15, -0.1) is 11.8 Å². The zero-order chi connectivity index (χ0) is 16.8. The lowest BCUT2D eigenvalue weighted by atomic mass is 10.2. The Kier molecular flexibility index (Phi) is 5.76. The van der Waals surface area contributed by atoms with Gasteiger partial charge in [0.1, 0.15) is 5.03 Å². The van der Waals surface area contributed by atoms with Crippen LogP contribution in [0.4, 0.5) is 11.4 Å². The number of carbonyl (C=O) groups is 2. The van der Waals surface area contributed by atoms with Crippen molar-refractivity contribution in [2.45, 2.75) is 31.0 Å². The minimum absolute atomic E-state index is 0.156. The van der Waals surface area contributed by atoms with Gasteiger partial charge in [0.25, 0.3) is 5.91 Å². The van der Waals surface area contributed by atoms with Crippen molar-refractivity contribution in [1.82, 2.24) is 4.98 Å². The third-order valence-electron chi connectivity index (χ3n) is 2.80. The second-order valence-electron chi connectivity index (χ2n) is 5.24. The normalized spacial score (nSPS) is 10.4. The van der Waals surface area contributed by atoms with Crippen LogP contribution in [0.3, 0.4) is 0 Å².